The molecule has 1 nitrogen and oxygen atoms in total. The largest absolute Gasteiger partial charge is 0.313 e. The van der Waals surface area contributed by atoms with Crippen molar-refractivity contribution in [3.63, 3.8) is 0 Å². The van der Waals surface area contributed by atoms with E-state index in [2.05, 4.69) is 42.8 Å². The van der Waals surface area contributed by atoms with Crippen molar-refractivity contribution >= 4 is 11.8 Å². The highest BCUT2D eigenvalue weighted by Crippen LogP contribution is 2.08. The first-order valence-corrected chi connectivity index (χ1v) is 7.21. The fourth-order valence-corrected chi connectivity index (χ4v) is 2.36. The van der Waals surface area contributed by atoms with E-state index < -0.39 is 0 Å². The molecule has 0 aliphatic carbocycles. The van der Waals surface area contributed by atoms with Gasteiger partial charge >= 0.3 is 0 Å². The highest BCUT2D eigenvalue weighted by Gasteiger charge is 2.06. The fraction of sp³-hybridized carbons (Fsp3) is 0.846. The van der Waals surface area contributed by atoms with E-state index in [-0.39, 0.29) is 0 Å². The summed E-state index contributed by atoms with van der Waals surface area (Å²) < 4.78 is 0. The minimum Gasteiger partial charge on any atom is -0.313 e. The Labute approximate surface area is 99.8 Å². The van der Waals surface area contributed by atoms with Gasteiger partial charge in [-0.2, -0.15) is 11.8 Å². The number of nitrogens with one attached hydrogen (secondary N) is 1. The van der Waals surface area contributed by atoms with Crippen LogP contribution in [-0.4, -0.2) is 24.1 Å². The van der Waals surface area contributed by atoms with Gasteiger partial charge < -0.3 is 5.32 Å². The summed E-state index contributed by atoms with van der Waals surface area (Å²) in [4.78, 5) is 0. The van der Waals surface area contributed by atoms with Crippen LogP contribution in [0, 0.1) is 11.8 Å². The van der Waals surface area contributed by atoms with Crippen molar-refractivity contribution < 1.29 is 0 Å². The third kappa shape index (κ3) is 10.2. The van der Waals surface area contributed by atoms with Crippen molar-refractivity contribution in [2.75, 3.05) is 18.1 Å². The molecule has 88 valence electrons. The molecule has 0 spiro atoms. The topological polar surface area (TPSA) is 12.0 Å². The van der Waals surface area contributed by atoms with Gasteiger partial charge in [-0.05, 0) is 38.5 Å². The lowest BCUT2D eigenvalue weighted by Gasteiger charge is -2.16. The van der Waals surface area contributed by atoms with Gasteiger partial charge in [0.2, 0.25) is 0 Å². The van der Waals surface area contributed by atoms with Crippen LogP contribution in [0.25, 0.3) is 0 Å². The summed E-state index contributed by atoms with van der Waals surface area (Å²) in [6.45, 7) is 7.51. The molecule has 15 heavy (non-hydrogen) atoms. The minimum atomic E-state index is 0.655. The maximum Gasteiger partial charge on any atom is 0.0167 e. The first-order chi connectivity index (χ1) is 7.35. The normalized spacial score (nSPS) is 11.9. The van der Waals surface area contributed by atoms with Crippen LogP contribution in [0.4, 0.5) is 0 Å². The highest BCUT2D eigenvalue weighted by molar-refractivity contribution is 7.99. The average Bonchev–Trinajstić information content (AvgIpc) is 2.25. The summed E-state index contributed by atoms with van der Waals surface area (Å²) in [5.74, 6) is 8.63. The van der Waals surface area contributed by atoms with E-state index in [0.717, 1.165) is 13.0 Å². The summed E-state index contributed by atoms with van der Waals surface area (Å²) in [6.07, 6.45) is 4.72. The SMILES string of the molecule is CC#CCCC(CSCCC)NCCC. The van der Waals surface area contributed by atoms with E-state index in [4.69, 9.17) is 0 Å². The lowest BCUT2D eigenvalue weighted by atomic mass is 10.2. The summed E-state index contributed by atoms with van der Waals surface area (Å²) in [6, 6.07) is 0.655. The van der Waals surface area contributed by atoms with Gasteiger partial charge in [0.1, 0.15) is 0 Å². The molecule has 0 saturated carbocycles. The zero-order chi connectivity index (χ0) is 11.4. The van der Waals surface area contributed by atoms with Crippen molar-refractivity contribution in [3.05, 3.63) is 0 Å². The molecular weight excluding hydrogens is 202 g/mol. The Morgan fingerprint density at radius 1 is 1.27 bits per heavy atom. The number of hydrogen-bond donors (Lipinski definition) is 1. The van der Waals surface area contributed by atoms with Crippen molar-refractivity contribution in [2.45, 2.75) is 52.5 Å². The zero-order valence-electron chi connectivity index (χ0n) is 10.4. The molecule has 0 aliphatic heterocycles. The van der Waals surface area contributed by atoms with Gasteiger partial charge in [-0.25, -0.2) is 0 Å². The van der Waals surface area contributed by atoms with Gasteiger partial charge in [0, 0.05) is 18.2 Å². The Morgan fingerprint density at radius 3 is 2.67 bits per heavy atom. The van der Waals surface area contributed by atoms with E-state index >= 15 is 0 Å². The standard InChI is InChI=1S/C13H25NS/c1-4-7-8-9-13(14-10-5-2)12-15-11-6-3/h13-14H,5-6,8-12H2,1-3H3. The minimum absolute atomic E-state index is 0.655. The Hall–Kier alpha value is -0.130. The summed E-state index contributed by atoms with van der Waals surface area (Å²) >= 11 is 2.06. The van der Waals surface area contributed by atoms with Gasteiger partial charge in [-0.15, -0.1) is 11.8 Å². The van der Waals surface area contributed by atoms with E-state index in [1.807, 2.05) is 6.92 Å². The average molecular weight is 227 g/mol. The van der Waals surface area contributed by atoms with Gasteiger partial charge in [-0.3, -0.25) is 0 Å². The molecular formula is C13H25NS. The highest BCUT2D eigenvalue weighted by atomic mass is 32.2. The summed E-state index contributed by atoms with van der Waals surface area (Å²) in [7, 11) is 0. The molecule has 0 aliphatic rings. The fourth-order valence-electron chi connectivity index (χ4n) is 1.33. The third-order valence-corrected chi connectivity index (χ3v) is 3.48. The van der Waals surface area contributed by atoms with Gasteiger partial charge in [0.25, 0.3) is 0 Å². The van der Waals surface area contributed by atoms with Crippen molar-refractivity contribution in [3.8, 4) is 11.8 Å². The van der Waals surface area contributed by atoms with Gasteiger partial charge in [-0.1, -0.05) is 13.8 Å². The summed E-state index contributed by atoms with van der Waals surface area (Å²) in [5, 5.41) is 3.60. The third-order valence-electron chi connectivity index (χ3n) is 2.15. The molecule has 1 unspecified atom stereocenters. The maximum absolute atomic E-state index is 3.60. The van der Waals surface area contributed by atoms with Crippen LogP contribution in [0.2, 0.25) is 0 Å². The first kappa shape index (κ1) is 14.9. The molecule has 0 aromatic carbocycles. The summed E-state index contributed by atoms with van der Waals surface area (Å²) in [5.41, 5.74) is 0. The predicted octanol–water partition coefficient (Wildman–Crippen LogP) is 3.30. The second-order valence-corrected chi connectivity index (χ2v) is 4.84. The Balaban J connectivity index is 3.65. The monoisotopic (exact) mass is 227 g/mol. The number of thioether (sulfide) groups is 1. The first-order valence-electron chi connectivity index (χ1n) is 6.05. The van der Waals surface area contributed by atoms with Crippen LogP contribution in [0.5, 0.6) is 0 Å². The molecule has 1 atom stereocenters. The second kappa shape index (κ2) is 11.9. The van der Waals surface area contributed by atoms with Crippen LogP contribution in [0.1, 0.15) is 46.5 Å². The molecule has 0 heterocycles. The molecule has 0 saturated heterocycles. The molecule has 0 aromatic rings. The predicted molar refractivity (Wildman–Crippen MR) is 72.4 cm³/mol. The van der Waals surface area contributed by atoms with Gasteiger partial charge in [0.15, 0.2) is 0 Å². The van der Waals surface area contributed by atoms with E-state index in [0.29, 0.717) is 6.04 Å². The van der Waals surface area contributed by atoms with Crippen molar-refractivity contribution in [2.24, 2.45) is 0 Å². The van der Waals surface area contributed by atoms with E-state index in [1.165, 1.54) is 30.8 Å². The van der Waals surface area contributed by atoms with Crippen LogP contribution in [0.15, 0.2) is 0 Å². The smallest absolute Gasteiger partial charge is 0.0167 e. The van der Waals surface area contributed by atoms with E-state index in [9.17, 15) is 0 Å². The quantitative estimate of drug-likeness (QED) is 0.479. The van der Waals surface area contributed by atoms with Crippen molar-refractivity contribution in [1.82, 2.24) is 5.32 Å². The lowest BCUT2D eigenvalue weighted by molar-refractivity contribution is 0.526. The molecule has 1 N–H and O–H groups in total. The van der Waals surface area contributed by atoms with Crippen LogP contribution < -0.4 is 5.32 Å². The molecule has 0 bridgehead atoms. The van der Waals surface area contributed by atoms with E-state index in [1.54, 1.807) is 0 Å². The van der Waals surface area contributed by atoms with Crippen LogP contribution in [0.3, 0.4) is 0 Å². The Kier molecular flexibility index (Phi) is 11.8. The molecule has 0 amide bonds. The second-order valence-electron chi connectivity index (χ2n) is 3.69. The number of hydrogen-bond acceptors (Lipinski definition) is 2. The zero-order valence-corrected chi connectivity index (χ0v) is 11.3. The number of rotatable bonds is 9. The Bertz CT molecular complexity index is 181. The molecule has 0 aromatic heterocycles. The molecule has 0 rings (SSSR count). The van der Waals surface area contributed by atoms with Crippen LogP contribution in [-0.2, 0) is 0 Å². The maximum atomic E-state index is 3.60. The Morgan fingerprint density at radius 2 is 2.07 bits per heavy atom. The van der Waals surface area contributed by atoms with Crippen molar-refractivity contribution in [1.29, 1.82) is 0 Å². The van der Waals surface area contributed by atoms with Gasteiger partial charge in [0.05, 0.1) is 0 Å². The molecule has 2 heteroatoms. The molecule has 0 radical (unpaired) electrons. The van der Waals surface area contributed by atoms with Crippen LogP contribution >= 0.6 is 11.8 Å². The molecule has 0 fully saturated rings. The lowest BCUT2D eigenvalue weighted by Crippen LogP contribution is -2.32.